The van der Waals surface area contributed by atoms with Crippen LogP contribution in [0.25, 0.3) is 0 Å². The second-order valence-corrected chi connectivity index (χ2v) is 6.24. The number of nitrogens with zero attached hydrogens (tertiary/aromatic N) is 2. The largest absolute Gasteiger partial charge is 0.450 e. The Bertz CT molecular complexity index is 565. The summed E-state index contributed by atoms with van der Waals surface area (Å²) in [6.45, 7) is 3.72. The normalized spacial score (nSPS) is 17.7. The number of benzene rings is 1. The highest BCUT2D eigenvalue weighted by Crippen LogP contribution is 2.20. The lowest BCUT2D eigenvalue weighted by molar-refractivity contribution is -0.136. The number of piperidine rings is 1. The van der Waals surface area contributed by atoms with Crippen LogP contribution in [-0.2, 0) is 16.1 Å². The van der Waals surface area contributed by atoms with Gasteiger partial charge in [0, 0.05) is 31.7 Å². The minimum Gasteiger partial charge on any atom is -0.450 e. The molecule has 1 saturated heterocycles. The van der Waals surface area contributed by atoms with E-state index in [0.717, 1.165) is 18.4 Å². The van der Waals surface area contributed by atoms with Crippen LogP contribution in [0, 0.1) is 5.92 Å². The van der Waals surface area contributed by atoms with Crippen LogP contribution in [0.5, 0.6) is 0 Å². The van der Waals surface area contributed by atoms with Gasteiger partial charge in [0.2, 0.25) is 5.91 Å². The molecule has 0 aromatic heterocycles. The number of ether oxygens (including phenoxy) is 1. The minimum absolute atomic E-state index is 0.0546. The molecule has 6 heteroatoms. The third-order valence-corrected chi connectivity index (χ3v) is 4.22. The number of halogens is 1. The summed E-state index contributed by atoms with van der Waals surface area (Å²) < 4.78 is 5.03. The number of carbonyl (C=O) groups excluding carboxylic acids is 2. The summed E-state index contributed by atoms with van der Waals surface area (Å²) in [7, 11) is 1.78. The monoisotopic (exact) mass is 338 g/mol. The summed E-state index contributed by atoms with van der Waals surface area (Å²) in [6, 6.07) is 7.49. The van der Waals surface area contributed by atoms with Gasteiger partial charge >= 0.3 is 6.09 Å². The van der Waals surface area contributed by atoms with Gasteiger partial charge in [0.15, 0.2) is 0 Å². The van der Waals surface area contributed by atoms with E-state index in [0.29, 0.717) is 31.3 Å². The van der Waals surface area contributed by atoms with Crippen LogP contribution in [-0.4, -0.2) is 48.5 Å². The molecule has 0 aliphatic carbocycles. The Hall–Kier alpha value is -1.75. The van der Waals surface area contributed by atoms with E-state index in [-0.39, 0.29) is 17.9 Å². The number of amides is 2. The fraction of sp³-hybridized carbons (Fsp3) is 0.529. The molecular formula is C17H23ClN2O3. The molecular weight excluding hydrogens is 316 g/mol. The smallest absolute Gasteiger partial charge is 0.409 e. The fourth-order valence-electron chi connectivity index (χ4n) is 2.86. The van der Waals surface area contributed by atoms with Crippen molar-refractivity contribution in [2.75, 3.05) is 26.7 Å². The summed E-state index contributed by atoms with van der Waals surface area (Å²) in [5, 5.41) is 0.662. The maximum absolute atomic E-state index is 12.6. The van der Waals surface area contributed by atoms with Gasteiger partial charge in [0.1, 0.15) is 0 Å². The van der Waals surface area contributed by atoms with Crippen molar-refractivity contribution in [3.63, 3.8) is 0 Å². The summed E-state index contributed by atoms with van der Waals surface area (Å²) in [5.74, 6) is -0.115. The van der Waals surface area contributed by atoms with Crippen LogP contribution in [0.4, 0.5) is 4.79 Å². The first kappa shape index (κ1) is 17.6. The lowest BCUT2D eigenvalue weighted by atomic mass is 9.96. The Morgan fingerprint density at radius 3 is 2.91 bits per heavy atom. The molecule has 1 aromatic carbocycles. The van der Waals surface area contributed by atoms with Crippen LogP contribution in [0.3, 0.4) is 0 Å². The van der Waals surface area contributed by atoms with Crippen molar-refractivity contribution in [3.8, 4) is 0 Å². The lowest BCUT2D eigenvalue weighted by Crippen LogP contribution is -2.45. The van der Waals surface area contributed by atoms with Crippen molar-refractivity contribution in [3.05, 3.63) is 34.9 Å². The van der Waals surface area contributed by atoms with E-state index in [9.17, 15) is 9.59 Å². The standard InChI is InChI=1S/C17H23ClN2O3/c1-3-23-17(22)20-9-5-7-14(12-20)16(21)19(2)11-13-6-4-8-15(18)10-13/h4,6,8,10,14H,3,5,7,9,11-12H2,1-2H3. The van der Waals surface area contributed by atoms with Crippen LogP contribution >= 0.6 is 11.6 Å². The predicted molar refractivity (Wildman–Crippen MR) is 89.2 cm³/mol. The van der Waals surface area contributed by atoms with Crippen molar-refractivity contribution in [2.24, 2.45) is 5.92 Å². The molecule has 0 N–H and O–H groups in total. The van der Waals surface area contributed by atoms with E-state index < -0.39 is 0 Å². The topological polar surface area (TPSA) is 49.9 Å². The Morgan fingerprint density at radius 1 is 1.43 bits per heavy atom. The van der Waals surface area contributed by atoms with Crippen LogP contribution < -0.4 is 0 Å². The number of hydrogen-bond donors (Lipinski definition) is 0. The van der Waals surface area contributed by atoms with Crippen LogP contribution in [0.15, 0.2) is 24.3 Å². The second-order valence-electron chi connectivity index (χ2n) is 5.81. The van der Waals surface area contributed by atoms with Gasteiger partial charge in [-0.25, -0.2) is 4.79 Å². The molecule has 1 aliphatic rings. The highest BCUT2D eigenvalue weighted by Gasteiger charge is 2.30. The molecule has 1 atom stereocenters. The second kappa shape index (κ2) is 8.20. The van der Waals surface area contributed by atoms with Crippen LogP contribution in [0.2, 0.25) is 5.02 Å². The SMILES string of the molecule is CCOC(=O)N1CCCC(C(=O)N(C)Cc2cccc(Cl)c2)C1. The van der Waals surface area contributed by atoms with E-state index in [4.69, 9.17) is 16.3 Å². The van der Waals surface area contributed by atoms with E-state index >= 15 is 0 Å². The zero-order valence-electron chi connectivity index (χ0n) is 13.6. The van der Waals surface area contributed by atoms with Gasteiger partial charge in [-0.2, -0.15) is 0 Å². The molecule has 2 amide bonds. The summed E-state index contributed by atoms with van der Waals surface area (Å²) in [5.41, 5.74) is 0.992. The quantitative estimate of drug-likeness (QED) is 0.847. The molecule has 0 saturated carbocycles. The molecule has 1 unspecified atom stereocenters. The third kappa shape index (κ3) is 4.86. The highest BCUT2D eigenvalue weighted by molar-refractivity contribution is 6.30. The summed E-state index contributed by atoms with van der Waals surface area (Å²) in [6.07, 6.45) is 1.29. The molecule has 5 nitrogen and oxygen atoms in total. The highest BCUT2D eigenvalue weighted by atomic mass is 35.5. The van der Waals surface area contributed by atoms with Gasteiger partial charge in [-0.15, -0.1) is 0 Å². The maximum atomic E-state index is 12.6. The Labute approximate surface area is 142 Å². The molecule has 1 heterocycles. The first-order valence-electron chi connectivity index (χ1n) is 7.92. The molecule has 2 rings (SSSR count). The van der Waals surface area contributed by atoms with Gasteiger partial charge in [-0.1, -0.05) is 23.7 Å². The number of hydrogen-bond acceptors (Lipinski definition) is 3. The van der Waals surface area contributed by atoms with E-state index in [1.54, 1.807) is 23.8 Å². The van der Waals surface area contributed by atoms with E-state index in [2.05, 4.69) is 0 Å². The molecule has 0 spiro atoms. The average molecular weight is 339 g/mol. The summed E-state index contributed by atoms with van der Waals surface area (Å²) >= 11 is 5.98. The number of likely N-dealkylation sites (tertiary alicyclic amines) is 1. The Kier molecular flexibility index (Phi) is 6.28. The Balaban J connectivity index is 1.94. The number of carbonyl (C=O) groups is 2. The fourth-order valence-corrected chi connectivity index (χ4v) is 3.07. The molecule has 1 aromatic rings. The molecule has 126 valence electrons. The Morgan fingerprint density at radius 2 is 2.22 bits per heavy atom. The van der Waals surface area contributed by atoms with Gasteiger partial charge in [-0.3, -0.25) is 4.79 Å². The van der Waals surface area contributed by atoms with Gasteiger partial charge < -0.3 is 14.5 Å². The van der Waals surface area contributed by atoms with Gasteiger partial charge in [0.05, 0.1) is 12.5 Å². The lowest BCUT2D eigenvalue weighted by Gasteiger charge is -2.33. The summed E-state index contributed by atoms with van der Waals surface area (Å²) in [4.78, 5) is 27.8. The maximum Gasteiger partial charge on any atom is 0.409 e. The zero-order chi connectivity index (χ0) is 16.8. The average Bonchev–Trinajstić information content (AvgIpc) is 2.54. The zero-order valence-corrected chi connectivity index (χ0v) is 14.4. The van der Waals surface area contributed by atoms with Crippen molar-refractivity contribution in [1.82, 2.24) is 9.80 Å². The molecule has 0 radical (unpaired) electrons. The van der Waals surface area contributed by atoms with Crippen molar-refractivity contribution in [2.45, 2.75) is 26.3 Å². The van der Waals surface area contributed by atoms with Crippen molar-refractivity contribution in [1.29, 1.82) is 0 Å². The minimum atomic E-state index is -0.331. The van der Waals surface area contributed by atoms with Gasteiger partial charge in [0.25, 0.3) is 0 Å². The van der Waals surface area contributed by atoms with Crippen LogP contribution in [0.1, 0.15) is 25.3 Å². The van der Waals surface area contributed by atoms with E-state index in [1.165, 1.54) is 0 Å². The van der Waals surface area contributed by atoms with Gasteiger partial charge in [-0.05, 0) is 37.5 Å². The number of rotatable bonds is 4. The molecule has 1 fully saturated rings. The first-order valence-corrected chi connectivity index (χ1v) is 8.30. The third-order valence-electron chi connectivity index (χ3n) is 3.98. The first-order chi connectivity index (χ1) is 11.0. The molecule has 0 bridgehead atoms. The van der Waals surface area contributed by atoms with Crippen molar-refractivity contribution >= 4 is 23.6 Å². The van der Waals surface area contributed by atoms with Crippen molar-refractivity contribution < 1.29 is 14.3 Å². The molecule has 1 aliphatic heterocycles. The van der Waals surface area contributed by atoms with E-state index in [1.807, 2.05) is 24.3 Å². The predicted octanol–water partition coefficient (Wildman–Crippen LogP) is 3.17. The molecule has 23 heavy (non-hydrogen) atoms.